The maximum Gasteiger partial charge on any atom is 0.243 e. The summed E-state index contributed by atoms with van der Waals surface area (Å²) in [5.74, 6) is 0.194. The minimum Gasteiger partial charge on any atom is -0.345 e. The molecule has 2 N–H and O–H groups in total. The molecule has 0 saturated heterocycles. The van der Waals surface area contributed by atoms with Crippen LogP contribution in [0.2, 0.25) is 0 Å². The van der Waals surface area contributed by atoms with Crippen LogP contribution in [-0.4, -0.2) is 46.7 Å². The van der Waals surface area contributed by atoms with E-state index in [2.05, 4.69) is 20.3 Å². The van der Waals surface area contributed by atoms with Crippen LogP contribution in [0.25, 0.3) is 21.6 Å². The van der Waals surface area contributed by atoms with Gasteiger partial charge in [0.1, 0.15) is 16.5 Å². The molecule has 1 aromatic carbocycles. The van der Waals surface area contributed by atoms with Crippen molar-refractivity contribution in [3.8, 4) is 10.6 Å². The number of hydrogen-bond donors (Lipinski definition) is 2. The Labute approximate surface area is 190 Å². The van der Waals surface area contributed by atoms with Gasteiger partial charge in [-0.25, -0.2) is 18.4 Å². The number of nitrogens with one attached hydrogen (secondary N) is 2. The third kappa shape index (κ3) is 4.43. The highest BCUT2D eigenvalue weighted by Crippen LogP contribution is 2.31. The van der Waals surface area contributed by atoms with Crippen molar-refractivity contribution in [2.75, 3.05) is 18.4 Å². The summed E-state index contributed by atoms with van der Waals surface area (Å²) in [6.07, 6.45) is 3.62. The maximum atomic E-state index is 12.7. The fourth-order valence-corrected chi connectivity index (χ4v) is 5.80. The highest BCUT2D eigenvalue weighted by molar-refractivity contribution is 7.89. The van der Waals surface area contributed by atoms with E-state index in [-0.39, 0.29) is 17.2 Å². The lowest BCUT2D eigenvalue weighted by Crippen LogP contribution is -2.30. The zero-order chi connectivity index (χ0) is 22.7. The number of hydrogen-bond acceptors (Lipinski definition) is 6. The fraction of sp³-hybridized carbons (Fsp3) is 0.227. The molecule has 0 fully saturated rings. The van der Waals surface area contributed by atoms with E-state index in [9.17, 15) is 13.2 Å². The van der Waals surface area contributed by atoms with Gasteiger partial charge in [-0.1, -0.05) is 26.0 Å². The zero-order valence-electron chi connectivity index (χ0n) is 17.7. The molecule has 0 aliphatic rings. The number of rotatable bonds is 8. The van der Waals surface area contributed by atoms with E-state index in [1.807, 2.05) is 18.3 Å². The van der Waals surface area contributed by atoms with Crippen LogP contribution in [0.4, 0.5) is 5.82 Å². The third-order valence-corrected chi connectivity index (χ3v) is 7.98. The normalized spacial score (nSPS) is 11.8. The predicted octanol–water partition coefficient (Wildman–Crippen LogP) is 3.90. The molecule has 166 valence electrons. The topological polar surface area (TPSA) is 108 Å². The van der Waals surface area contributed by atoms with Gasteiger partial charge in [0.15, 0.2) is 0 Å². The molecule has 0 unspecified atom stereocenters. The molecule has 0 aliphatic heterocycles. The molecule has 4 aromatic rings. The molecule has 0 spiro atoms. The molecule has 1 amide bonds. The number of carbonyl (C=O) groups excluding carboxylic acids is 1. The second-order valence-corrected chi connectivity index (χ2v) is 9.90. The summed E-state index contributed by atoms with van der Waals surface area (Å²) in [6.45, 7) is 4.38. The van der Waals surface area contributed by atoms with E-state index >= 15 is 0 Å². The highest BCUT2D eigenvalue weighted by Gasteiger charge is 2.22. The van der Waals surface area contributed by atoms with Crippen LogP contribution in [0.5, 0.6) is 0 Å². The van der Waals surface area contributed by atoms with Gasteiger partial charge in [0, 0.05) is 41.8 Å². The lowest BCUT2D eigenvalue weighted by atomic mass is 10.1. The number of thiazole rings is 1. The smallest absolute Gasteiger partial charge is 0.243 e. The Morgan fingerprint density at radius 2 is 2.00 bits per heavy atom. The average molecular weight is 470 g/mol. The van der Waals surface area contributed by atoms with E-state index in [4.69, 9.17) is 0 Å². The van der Waals surface area contributed by atoms with Crippen molar-refractivity contribution >= 4 is 44.1 Å². The average Bonchev–Trinajstić information content (AvgIpc) is 3.41. The van der Waals surface area contributed by atoms with Crippen LogP contribution in [0.1, 0.15) is 19.4 Å². The first-order chi connectivity index (χ1) is 15.4. The minimum absolute atomic E-state index is 0.0471. The van der Waals surface area contributed by atoms with Gasteiger partial charge < -0.3 is 10.3 Å². The number of nitrogens with zero attached hydrogens (tertiary/aromatic N) is 3. The number of fused-ring (bicyclic) bond motifs is 1. The molecule has 0 atom stereocenters. The van der Waals surface area contributed by atoms with Gasteiger partial charge in [-0.05, 0) is 29.8 Å². The van der Waals surface area contributed by atoms with Crippen molar-refractivity contribution in [2.45, 2.75) is 25.2 Å². The quantitative estimate of drug-likeness (QED) is 0.407. The van der Waals surface area contributed by atoms with Crippen molar-refractivity contribution in [1.82, 2.24) is 19.3 Å². The number of H-pyrrole nitrogens is 1. The number of pyridine rings is 1. The molecule has 0 radical (unpaired) electrons. The van der Waals surface area contributed by atoms with Gasteiger partial charge in [0.2, 0.25) is 15.9 Å². The summed E-state index contributed by atoms with van der Waals surface area (Å²) in [7, 11) is -3.58. The van der Waals surface area contributed by atoms with Gasteiger partial charge in [-0.3, -0.25) is 4.79 Å². The number of anilines is 1. The minimum atomic E-state index is -3.58. The zero-order valence-corrected chi connectivity index (χ0v) is 19.3. The predicted molar refractivity (Wildman–Crippen MR) is 126 cm³/mol. The molecular weight excluding hydrogens is 446 g/mol. The van der Waals surface area contributed by atoms with E-state index < -0.39 is 10.0 Å². The van der Waals surface area contributed by atoms with E-state index in [0.717, 1.165) is 21.6 Å². The van der Waals surface area contributed by atoms with Crippen molar-refractivity contribution in [1.29, 1.82) is 0 Å². The molecular formula is C22H23N5O3S2. The Morgan fingerprint density at radius 1 is 1.19 bits per heavy atom. The van der Waals surface area contributed by atoms with Gasteiger partial charge >= 0.3 is 0 Å². The monoisotopic (exact) mass is 469 g/mol. The SMILES string of the molecule is CCN(CC)S(=O)(=O)c1cccc(CC(=O)Nc2csc(-c3c[nH]c4ncccc34)n2)c1. The number of aromatic amines is 1. The molecule has 4 rings (SSSR count). The Kier molecular flexibility index (Phi) is 6.35. The molecule has 8 nitrogen and oxygen atoms in total. The van der Waals surface area contributed by atoms with E-state index in [0.29, 0.717) is 24.5 Å². The largest absolute Gasteiger partial charge is 0.345 e. The van der Waals surface area contributed by atoms with Crippen molar-refractivity contribution in [3.05, 3.63) is 59.7 Å². The molecule has 3 aromatic heterocycles. The lowest BCUT2D eigenvalue weighted by Gasteiger charge is -2.18. The van der Waals surface area contributed by atoms with Gasteiger partial charge in [0.05, 0.1) is 11.3 Å². The number of aromatic nitrogens is 3. The Balaban J connectivity index is 1.47. The van der Waals surface area contributed by atoms with E-state index in [1.165, 1.54) is 15.6 Å². The summed E-state index contributed by atoms with van der Waals surface area (Å²) >= 11 is 1.43. The van der Waals surface area contributed by atoms with Crippen LogP contribution in [0.15, 0.2) is 59.1 Å². The van der Waals surface area contributed by atoms with Crippen LogP contribution < -0.4 is 5.32 Å². The van der Waals surface area contributed by atoms with Gasteiger partial charge in [-0.2, -0.15) is 4.31 Å². The number of amides is 1. The summed E-state index contributed by atoms with van der Waals surface area (Å²) < 4.78 is 26.9. The van der Waals surface area contributed by atoms with Crippen LogP contribution in [0.3, 0.4) is 0 Å². The van der Waals surface area contributed by atoms with Crippen LogP contribution >= 0.6 is 11.3 Å². The van der Waals surface area contributed by atoms with Crippen LogP contribution in [0, 0.1) is 0 Å². The van der Waals surface area contributed by atoms with Crippen LogP contribution in [-0.2, 0) is 21.2 Å². The number of sulfonamides is 1. The summed E-state index contributed by atoms with van der Waals surface area (Å²) in [5.41, 5.74) is 2.32. The molecule has 0 saturated carbocycles. The first-order valence-corrected chi connectivity index (χ1v) is 12.5. The van der Waals surface area contributed by atoms with E-state index in [1.54, 1.807) is 49.7 Å². The lowest BCUT2D eigenvalue weighted by molar-refractivity contribution is -0.115. The first-order valence-electron chi connectivity index (χ1n) is 10.2. The second kappa shape index (κ2) is 9.19. The highest BCUT2D eigenvalue weighted by atomic mass is 32.2. The maximum absolute atomic E-state index is 12.7. The van der Waals surface area contributed by atoms with Crippen molar-refractivity contribution in [3.63, 3.8) is 0 Å². The molecule has 32 heavy (non-hydrogen) atoms. The number of benzene rings is 1. The summed E-state index contributed by atoms with van der Waals surface area (Å²) in [4.78, 5) is 24.7. The Hall–Kier alpha value is -3.08. The molecule has 3 heterocycles. The van der Waals surface area contributed by atoms with Gasteiger partial charge in [-0.15, -0.1) is 11.3 Å². The van der Waals surface area contributed by atoms with Gasteiger partial charge in [0.25, 0.3) is 0 Å². The molecule has 0 aliphatic carbocycles. The molecule has 0 bridgehead atoms. The van der Waals surface area contributed by atoms with Crippen molar-refractivity contribution < 1.29 is 13.2 Å². The summed E-state index contributed by atoms with van der Waals surface area (Å²) in [6, 6.07) is 10.3. The molecule has 10 heteroatoms. The van der Waals surface area contributed by atoms with Crippen molar-refractivity contribution in [2.24, 2.45) is 0 Å². The Morgan fingerprint density at radius 3 is 2.78 bits per heavy atom. The Bertz CT molecular complexity index is 1360. The first kappa shape index (κ1) is 22.1. The summed E-state index contributed by atoms with van der Waals surface area (Å²) in [5, 5.41) is 6.31. The fourth-order valence-electron chi connectivity index (χ4n) is 3.49. The standard InChI is InChI=1S/C22H23N5O3S2/c1-3-27(4-2)32(29,30)16-8-5-7-15(11-16)12-20(28)25-19-14-31-22(26-19)18-13-24-21-17(18)9-6-10-23-21/h5-11,13-14H,3-4,12H2,1-2H3,(H,23,24)(H,25,28). The second-order valence-electron chi connectivity index (χ2n) is 7.10. The number of carbonyl (C=O) groups is 1. The third-order valence-electron chi connectivity index (χ3n) is 5.06.